The van der Waals surface area contributed by atoms with E-state index in [-0.39, 0.29) is 22.4 Å². The highest BCUT2D eigenvalue weighted by atomic mass is 35.5. The zero-order valence-corrected chi connectivity index (χ0v) is 10.3. The molecule has 2 nitrogen and oxygen atoms in total. The number of piperidine rings is 1. The summed E-state index contributed by atoms with van der Waals surface area (Å²) in [7, 11) is 1.33. The molecule has 1 heterocycles. The van der Waals surface area contributed by atoms with E-state index in [1.165, 1.54) is 7.11 Å². The molecule has 0 spiro atoms. The molecular formula is C12H14ClF2NO. The van der Waals surface area contributed by atoms with E-state index in [1.807, 2.05) is 0 Å². The van der Waals surface area contributed by atoms with Crippen LogP contribution in [0.3, 0.4) is 0 Å². The van der Waals surface area contributed by atoms with Crippen LogP contribution in [0, 0.1) is 11.6 Å². The number of halogens is 3. The summed E-state index contributed by atoms with van der Waals surface area (Å²) in [5, 5.41) is 2.95. The molecule has 0 amide bonds. The van der Waals surface area contributed by atoms with Crippen LogP contribution < -0.4 is 10.1 Å². The minimum Gasteiger partial charge on any atom is -0.495 e. The van der Waals surface area contributed by atoms with Crippen LogP contribution >= 0.6 is 11.6 Å². The van der Waals surface area contributed by atoms with Crippen molar-refractivity contribution < 1.29 is 13.5 Å². The molecule has 0 radical (unpaired) electrons. The van der Waals surface area contributed by atoms with Gasteiger partial charge in [0.05, 0.1) is 7.11 Å². The van der Waals surface area contributed by atoms with E-state index in [1.54, 1.807) is 0 Å². The van der Waals surface area contributed by atoms with Crippen molar-refractivity contribution in [3.63, 3.8) is 0 Å². The van der Waals surface area contributed by atoms with Crippen molar-refractivity contribution in [3.8, 4) is 5.75 Å². The SMILES string of the molecule is COc1cc(F)c(C2CCCCN2)c(F)c1Cl. The predicted octanol–water partition coefficient (Wildman–Crippen LogP) is 3.44. The first-order chi connectivity index (χ1) is 8.15. The molecule has 1 saturated heterocycles. The maximum absolute atomic E-state index is 14.0. The quantitative estimate of drug-likeness (QED) is 0.824. The van der Waals surface area contributed by atoms with E-state index in [0.717, 1.165) is 31.9 Å². The fourth-order valence-electron chi connectivity index (χ4n) is 2.15. The topological polar surface area (TPSA) is 21.3 Å². The number of hydrogen-bond acceptors (Lipinski definition) is 2. The second-order valence-electron chi connectivity index (χ2n) is 4.10. The van der Waals surface area contributed by atoms with Crippen molar-refractivity contribution >= 4 is 11.6 Å². The van der Waals surface area contributed by atoms with Crippen LogP contribution in [0.1, 0.15) is 30.9 Å². The number of methoxy groups -OCH3 is 1. The zero-order chi connectivity index (χ0) is 12.4. The van der Waals surface area contributed by atoms with Crippen molar-refractivity contribution in [2.24, 2.45) is 0 Å². The first kappa shape index (κ1) is 12.6. The predicted molar refractivity (Wildman–Crippen MR) is 62.5 cm³/mol. The molecule has 1 aromatic rings. The number of ether oxygens (including phenoxy) is 1. The van der Waals surface area contributed by atoms with Crippen molar-refractivity contribution in [2.45, 2.75) is 25.3 Å². The Balaban J connectivity index is 2.42. The number of nitrogens with one attached hydrogen (secondary N) is 1. The van der Waals surface area contributed by atoms with Gasteiger partial charge in [-0.25, -0.2) is 8.78 Å². The van der Waals surface area contributed by atoms with Crippen LogP contribution in [-0.4, -0.2) is 13.7 Å². The van der Waals surface area contributed by atoms with Gasteiger partial charge >= 0.3 is 0 Å². The number of hydrogen-bond donors (Lipinski definition) is 1. The molecule has 1 aliphatic heterocycles. The fraction of sp³-hybridized carbons (Fsp3) is 0.500. The number of rotatable bonds is 2. The molecule has 94 valence electrons. The standard InChI is InChI=1S/C12H14ClF2NO/c1-17-9-6-7(14)10(12(15)11(9)13)8-4-2-3-5-16-8/h6,8,16H,2-5H2,1H3. The van der Waals surface area contributed by atoms with Gasteiger partial charge in [0.2, 0.25) is 0 Å². The average Bonchev–Trinajstić information content (AvgIpc) is 2.35. The Hall–Kier alpha value is -0.870. The lowest BCUT2D eigenvalue weighted by atomic mass is 9.96. The Morgan fingerprint density at radius 1 is 1.41 bits per heavy atom. The van der Waals surface area contributed by atoms with E-state index < -0.39 is 11.6 Å². The Morgan fingerprint density at radius 2 is 2.18 bits per heavy atom. The third kappa shape index (κ3) is 2.38. The van der Waals surface area contributed by atoms with Gasteiger partial charge in [-0.3, -0.25) is 0 Å². The normalized spacial score (nSPS) is 20.4. The Bertz CT molecular complexity index is 419. The van der Waals surface area contributed by atoms with Crippen LogP contribution in [0.15, 0.2) is 6.07 Å². The van der Waals surface area contributed by atoms with Crippen LogP contribution in [0.4, 0.5) is 8.78 Å². The van der Waals surface area contributed by atoms with Gasteiger partial charge in [0.25, 0.3) is 0 Å². The van der Waals surface area contributed by atoms with Gasteiger partial charge in [0.1, 0.15) is 16.6 Å². The lowest BCUT2D eigenvalue weighted by Crippen LogP contribution is -2.28. The fourth-order valence-corrected chi connectivity index (χ4v) is 2.39. The molecule has 0 saturated carbocycles. The molecular weight excluding hydrogens is 248 g/mol. The first-order valence-electron chi connectivity index (χ1n) is 5.60. The van der Waals surface area contributed by atoms with Gasteiger partial charge in [0, 0.05) is 17.7 Å². The van der Waals surface area contributed by atoms with E-state index in [2.05, 4.69) is 5.32 Å². The van der Waals surface area contributed by atoms with Crippen molar-refractivity contribution in [2.75, 3.05) is 13.7 Å². The molecule has 17 heavy (non-hydrogen) atoms. The van der Waals surface area contributed by atoms with Crippen molar-refractivity contribution in [1.82, 2.24) is 5.32 Å². The highest BCUT2D eigenvalue weighted by Gasteiger charge is 2.25. The van der Waals surface area contributed by atoms with Crippen molar-refractivity contribution in [3.05, 3.63) is 28.3 Å². The minimum absolute atomic E-state index is 0.0236. The molecule has 5 heteroatoms. The lowest BCUT2D eigenvalue weighted by Gasteiger charge is -2.25. The minimum atomic E-state index is -0.720. The Kier molecular flexibility index (Phi) is 3.84. The van der Waals surface area contributed by atoms with E-state index in [0.29, 0.717) is 0 Å². The molecule has 0 aromatic heterocycles. The van der Waals surface area contributed by atoms with Gasteiger partial charge in [-0.05, 0) is 19.4 Å². The molecule has 0 aliphatic carbocycles. The second kappa shape index (κ2) is 5.19. The summed E-state index contributed by atoms with van der Waals surface area (Å²) in [6.45, 7) is 0.771. The monoisotopic (exact) mass is 261 g/mol. The van der Waals surface area contributed by atoms with E-state index in [4.69, 9.17) is 16.3 Å². The summed E-state index contributed by atoms with van der Waals surface area (Å²) >= 11 is 5.80. The summed E-state index contributed by atoms with van der Waals surface area (Å²) in [4.78, 5) is 0. The summed E-state index contributed by atoms with van der Waals surface area (Å²) in [5.74, 6) is -1.30. The van der Waals surface area contributed by atoms with Gasteiger partial charge < -0.3 is 10.1 Å². The smallest absolute Gasteiger partial charge is 0.153 e. The molecule has 1 aliphatic rings. The van der Waals surface area contributed by atoms with Gasteiger partial charge in [-0.1, -0.05) is 18.0 Å². The highest BCUT2D eigenvalue weighted by molar-refractivity contribution is 6.32. The molecule has 1 fully saturated rings. The lowest BCUT2D eigenvalue weighted by molar-refractivity contribution is 0.375. The summed E-state index contributed by atoms with van der Waals surface area (Å²) in [6, 6.07) is 0.837. The van der Waals surface area contributed by atoms with E-state index >= 15 is 0 Å². The van der Waals surface area contributed by atoms with Crippen LogP contribution in [0.5, 0.6) is 5.75 Å². The van der Waals surface area contributed by atoms with Gasteiger partial charge in [0.15, 0.2) is 5.82 Å². The largest absolute Gasteiger partial charge is 0.495 e. The van der Waals surface area contributed by atoms with Crippen LogP contribution in [-0.2, 0) is 0 Å². The second-order valence-corrected chi connectivity index (χ2v) is 4.48. The summed E-state index contributed by atoms with van der Waals surface area (Å²) in [5.41, 5.74) is 0.0236. The first-order valence-corrected chi connectivity index (χ1v) is 5.97. The maximum Gasteiger partial charge on any atom is 0.153 e. The Morgan fingerprint density at radius 3 is 2.76 bits per heavy atom. The third-order valence-corrected chi connectivity index (χ3v) is 3.39. The number of benzene rings is 1. The molecule has 0 bridgehead atoms. The molecule has 2 rings (SSSR count). The average molecular weight is 262 g/mol. The Labute approximate surface area is 104 Å². The molecule has 1 aromatic carbocycles. The van der Waals surface area contributed by atoms with Crippen molar-refractivity contribution in [1.29, 1.82) is 0 Å². The molecule has 1 unspecified atom stereocenters. The zero-order valence-electron chi connectivity index (χ0n) is 9.53. The summed E-state index contributed by atoms with van der Waals surface area (Å²) < 4.78 is 32.7. The van der Waals surface area contributed by atoms with Crippen LogP contribution in [0.25, 0.3) is 0 Å². The molecule has 1 atom stereocenters. The summed E-state index contributed by atoms with van der Waals surface area (Å²) in [6.07, 6.45) is 2.71. The van der Waals surface area contributed by atoms with Gasteiger partial charge in [-0.15, -0.1) is 0 Å². The van der Waals surface area contributed by atoms with E-state index in [9.17, 15) is 8.78 Å². The highest BCUT2D eigenvalue weighted by Crippen LogP contribution is 2.36. The molecule has 1 N–H and O–H groups in total. The van der Waals surface area contributed by atoms with Gasteiger partial charge in [-0.2, -0.15) is 0 Å². The maximum atomic E-state index is 14.0. The third-order valence-electron chi connectivity index (χ3n) is 3.04. The van der Waals surface area contributed by atoms with Crippen LogP contribution in [0.2, 0.25) is 5.02 Å².